The minimum absolute atomic E-state index is 0.0131. The van der Waals surface area contributed by atoms with Crippen molar-refractivity contribution in [2.24, 2.45) is 0 Å². The Morgan fingerprint density at radius 3 is 2.00 bits per heavy atom. The third kappa shape index (κ3) is 2.67. The zero-order valence-electron chi connectivity index (χ0n) is 13.7. The van der Waals surface area contributed by atoms with Crippen molar-refractivity contribution in [3.05, 3.63) is 78.4 Å². The number of amides is 1. The second-order valence-corrected chi connectivity index (χ2v) is 5.41. The first-order valence-electron chi connectivity index (χ1n) is 7.63. The molecule has 4 nitrogen and oxygen atoms in total. The topological polar surface area (TPSA) is 38.8 Å². The van der Waals surface area contributed by atoms with Crippen molar-refractivity contribution in [3.63, 3.8) is 0 Å². The number of allylic oxidation sites excluding steroid dienone is 2. The summed E-state index contributed by atoms with van der Waals surface area (Å²) in [6, 6.07) is 15.1. The molecule has 1 saturated heterocycles. The van der Waals surface area contributed by atoms with Crippen LogP contribution in [-0.2, 0) is 4.79 Å². The van der Waals surface area contributed by atoms with Gasteiger partial charge in [-0.25, -0.2) is 0 Å². The van der Waals surface area contributed by atoms with Crippen LogP contribution in [0.3, 0.4) is 0 Å². The van der Waals surface area contributed by atoms with Crippen LogP contribution >= 0.6 is 0 Å². The van der Waals surface area contributed by atoms with E-state index in [1.807, 2.05) is 48.5 Å². The molecule has 3 rings (SSSR count). The first kappa shape index (κ1) is 15.9. The summed E-state index contributed by atoms with van der Waals surface area (Å²) in [5.41, 5.74) is 2.59. The van der Waals surface area contributed by atoms with Crippen molar-refractivity contribution in [2.45, 2.75) is 6.04 Å². The number of methoxy groups -OCH3 is 2. The fraction of sp³-hybridized carbons (Fsp3) is 0.150. The van der Waals surface area contributed by atoms with Gasteiger partial charge >= 0.3 is 0 Å². The molecule has 1 aliphatic rings. The molecule has 0 unspecified atom stereocenters. The van der Waals surface area contributed by atoms with Gasteiger partial charge in [0, 0.05) is 11.3 Å². The van der Waals surface area contributed by atoms with Crippen LogP contribution in [0.4, 0.5) is 5.69 Å². The molecular weight excluding hydrogens is 302 g/mol. The maximum Gasteiger partial charge on any atom is 0.257 e. The third-order valence-electron chi connectivity index (χ3n) is 4.10. The number of hydrogen-bond donors (Lipinski definition) is 0. The Morgan fingerprint density at radius 2 is 1.50 bits per heavy atom. The van der Waals surface area contributed by atoms with Crippen LogP contribution in [0.1, 0.15) is 11.6 Å². The Hall–Kier alpha value is -3.01. The van der Waals surface area contributed by atoms with Gasteiger partial charge in [-0.3, -0.25) is 9.69 Å². The van der Waals surface area contributed by atoms with Crippen molar-refractivity contribution in [3.8, 4) is 11.5 Å². The fourth-order valence-electron chi connectivity index (χ4n) is 2.86. The van der Waals surface area contributed by atoms with Gasteiger partial charge in [-0.1, -0.05) is 30.9 Å². The molecule has 1 heterocycles. The minimum Gasteiger partial charge on any atom is -0.497 e. The summed E-state index contributed by atoms with van der Waals surface area (Å²) in [7, 11) is 3.25. The molecule has 0 spiro atoms. The molecule has 1 amide bonds. The van der Waals surface area contributed by atoms with Crippen LogP contribution in [0.5, 0.6) is 11.5 Å². The molecule has 1 aliphatic heterocycles. The molecule has 0 saturated carbocycles. The van der Waals surface area contributed by atoms with Crippen LogP contribution in [0.2, 0.25) is 0 Å². The van der Waals surface area contributed by atoms with Crippen molar-refractivity contribution in [1.82, 2.24) is 0 Å². The molecule has 0 aromatic heterocycles. The molecule has 2 aromatic carbocycles. The SMILES string of the molecule is C=C/C=C1/C(=O)N(c2ccc(OC)cc2)[C@@H]1c1ccc(OC)cc1. The lowest BCUT2D eigenvalue weighted by Crippen LogP contribution is -2.49. The smallest absolute Gasteiger partial charge is 0.257 e. The van der Waals surface area contributed by atoms with Crippen LogP contribution in [0.25, 0.3) is 0 Å². The predicted octanol–water partition coefficient (Wildman–Crippen LogP) is 3.90. The van der Waals surface area contributed by atoms with Gasteiger partial charge in [-0.15, -0.1) is 0 Å². The van der Waals surface area contributed by atoms with Crippen LogP contribution < -0.4 is 14.4 Å². The highest BCUT2D eigenvalue weighted by atomic mass is 16.5. The van der Waals surface area contributed by atoms with Gasteiger partial charge < -0.3 is 9.47 Å². The Balaban J connectivity index is 1.98. The van der Waals surface area contributed by atoms with Crippen molar-refractivity contribution in [2.75, 3.05) is 19.1 Å². The summed E-state index contributed by atoms with van der Waals surface area (Å²) in [6.45, 7) is 3.71. The second-order valence-electron chi connectivity index (χ2n) is 5.41. The van der Waals surface area contributed by atoms with Crippen LogP contribution in [0, 0.1) is 0 Å². The van der Waals surface area contributed by atoms with Crippen LogP contribution in [0.15, 0.2) is 72.8 Å². The summed E-state index contributed by atoms with van der Waals surface area (Å²) >= 11 is 0. The highest BCUT2D eigenvalue weighted by Gasteiger charge is 2.43. The Labute approximate surface area is 141 Å². The average molecular weight is 321 g/mol. The van der Waals surface area contributed by atoms with E-state index < -0.39 is 0 Å². The largest absolute Gasteiger partial charge is 0.497 e. The molecule has 4 heteroatoms. The van der Waals surface area contributed by atoms with Gasteiger partial charge in [0.25, 0.3) is 5.91 Å². The highest BCUT2D eigenvalue weighted by Crippen LogP contribution is 2.43. The molecule has 0 radical (unpaired) electrons. The molecular formula is C20H19NO3. The van der Waals surface area contributed by atoms with E-state index in [-0.39, 0.29) is 11.9 Å². The Morgan fingerprint density at radius 1 is 0.958 bits per heavy atom. The van der Waals surface area contributed by atoms with Gasteiger partial charge in [0.1, 0.15) is 11.5 Å². The molecule has 1 fully saturated rings. The average Bonchev–Trinajstić information content (AvgIpc) is 2.64. The van der Waals surface area contributed by atoms with E-state index in [1.165, 1.54) is 0 Å². The number of ether oxygens (including phenoxy) is 2. The molecule has 0 aliphatic carbocycles. The first-order chi connectivity index (χ1) is 11.7. The zero-order valence-corrected chi connectivity index (χ0v) is 13.7. The number of carbonyl (C=O) groups excluding carboxylic acids is 1. The normalized spacial score (nSPS) is 18.2. The molecule has 0 bridgehead atoms. The maximum atomic E-state index is 12.6. The van der Waals surface area contributed by atoms with E-state index in [4.69, 9.17) is 9.47 Å². The number of carbonyl (C=O) groups is 1. The zero-order chi connectivity index (χ0) is 17.1. The van der Waals surface area contributed by atoms with E-state index in [0.717, 1.165) is 28.3 Å². The van der Waals surface area contributed by atoms with Gasteiger partial charge in [-0.2, -0.15) is 0 Å². The lowest BCUT2D eigenvalue weighted by Gasteiger charge is -2.43. The lowest BCUT2D eigenvalue weighted by atomic mass is 9.87. The van der Waals surface area contributed by atoms with Crippen LogP contribution in [-0.4, -0.2) is 20.1 Å². The summed E-state index contributed by atoms with van der Waals surface area (Å²) in [5, 5.41) is 0. The number of benzene rings is 2. The third-order valence-corrected chi connectivity index (χ3v) is 4.10. The summed E-state index contributed by atoms with van der Waals surface area (Å²) in [6.07, 6.45) is 3.42. The van der Waals surface area contributed by atoms with E-state index in [9.17, 15) is 4.79 Å². The first-order valence-corrected chi connectivity index (χ1v) is 7.63. The fourth-order valence-corrected chi connectivity index (χ4v) is 2.86. The second kappa shape index (κ2) is 6.62. The van der Waals surface area contributed by atoms with Crippen molar-refractivity contribution >= 4 is 11.6 Å². The van der Waals surface area contributed by atoms with Gasteiger partial charge in [-0.05, 0) is 42.0 Å². The molecule has 24 heavy (non-hydrogen) atoms. The van der Waals surface area contributed by atoms with E-state index >= 15 is 0 Å². The van der Waals surface area contributed by atoms with Crippen molar-refractivity contribution in [1.29, 1.82) is 0 Å². The molecule has 0 N–H and O–H groups in total. The monoisotopic (exact) mass is 321 g/mol. The summed E-state index contributed by atoms with van der Waals surface area (Å²) in [4.78, 5) is 14.3. The van der Waals surface area contributed by atoms with E-state index in [2.05, 4.69) is 6.58 Å². The van der Waals surface area contributed by atoms with Gasteiger partial charge in [0.2, 0.25) is 0 Å². The summed E-state index contributed by atoms with van der Waals surface area (Å²) in [5.74, 6) is 1.53. The van der Waals surface area contributed by atoms with Gasteiger partial charge in [0.05, 0.1) is 20.3 Å². The maximum absolute atomic E-state index is 12.6. The Bertz CT molecular complexity index is 776. The molecule has 2 aromatic rings. The molecule has 1 atom stereocenters. The predicted molar refractivity (Wildman–Crippen MR) is 94.5 cm³/mol. The number of anilines is 1. The minimum atomic E-state index is -0.130. The van der Waals surface area contributed by atoms with E-state index in [1.54, 1.807) is 31.3 Å². The number of hydrogen-bond acceptors (Lipinski definition) is 3. The number of nitrogens with zero attached hydrogens (tertiary/aromatic N) is 1. The quantitative estimate of drug-likeness (QED) is 0.619. The number of rotatable bonds is 5. The molecule has 122 valence electrons. The summed E-state index contributed by atoms with van der Waals surface area (Å²) < 4.78 is 10.4. The Kier molecular flexibility index (Phi) is 4.38. The highest BCUT2D eigenvalue weighted by molar-refractivity contribution is 6.15. The lowest BCUT2D eigenvalue weighted by molar-refractivity contribution is -0.119. The standard InChI is InChI=1S/C20H19NO3/c1-4-5-18-19(14-6-10-16(23-2)11-7-14)21(20(18)22)15-8-12-17(24-3)13-9-15/h4-13,19H,1H2,2-3H3/b18-5+/t19-/m1/s1. The number of β-lactam (4-membered cyclic amide) rings is 1. The van der Waals surface area contributed by atoms with Gasteiger partial charge in [0.15, 0.2) is 0 Å². The van der Waals surface area contributed by atoms with E-state index in [0.29, 0.717) is 0 Å². The van der Waals surface area contributed by atoms with Crippen molar-refractivity contribution < 1.29 is 14.3 Å².